The molecule has 1 aliphatic heterocycles. The first-order valence-corrected chi connectivity index (χ1v) is 10.2. The molecule has 0 spiro atoms. The van der Waals surface area contributed by atoms with Crippen LogP contribution in [-0.4, -0.2) is 34.0 Å². The molecule has 1 aliphatic rings. The van der Waals surface area contributed by atoms with E-state index in [1.807, 2.05) is 36.5 Å². The number of aromatic nitrogens is 1. The summed E-state index contributed by atoms with van der Waals surface area (Å²) in [5.74, 6) is 0.981. The Morgan fingerprint density at radius 3 is 2.86 bits per heavy atom. The Morgan fingerprint density at radius 2 is 2.03 bits per heavy atom. The van der Waals surface area contributed by atoms with Gasteiger partial charge in [-0.1, -0.05) is 35.9 Å². The fourth-order valence-electron chi connectivity index (χ4n) is 3.90. The molecule has 0 radical (unpaired) electrons. The highest BCUT2D eigenvalue weighted by atomic mass is 35.5. The summed E-state index contributed by atoms with van der Waals surface area (Å²) in [5.41, 5.74) is 2.44. The Hall–Kier alpha value is -2.63. The lowest BCUT2D eigenvalue weighted by Crippen LogP contribution is -2.34. The predicted molar refractivity (Wildman–Crippen MR) is 111 cm³/mol. The van der Waals surface area contributed by atoms with Crippen molar-refractivity contribution in [2.45, 2.75) is 31.7 Å². The first kappa shape index (κ1) is 19.7. The standard InChI is InChI=1S/C23H23ClN2O3/c24-20-8-2-4-16(11-20)12-21-13-25-22(29-21)19-7-3-9-26(15-19)14-17-5-1-6-18(10-17)23(27)28/h1-2,4-6,8,10-11,13,19H,3,7,9,12,14-15H2,(H,27,28). The number of oxazole rings is 1. The lowest BCUT2D eigenvalue weighted by atomic mass is 9.97. The summed E-state index contributed by atoms with van der Waals surface area (Å²) in [4.78, 5) is 18.1. The Morgan fingerprint density at radius 1 is 1.21 bits per heavy atom. The van der Waals surface area contributed by atoms with Crippen molar-refractivity contribution in [3.05, 3.63) is 88.1 Å². The molecule has 1 saturated heterocycles. The molecule has 0 saturated carbocycles. The largest absolute Gasteiger partial charge is 0.478 e. The average molecular weight is 411 g/mol. The molecule has 1 atom stereocenters. The number of aromatic carboxylic acids is 1. The number of carboxylic acid groups (broad SMARTS) is 1. The van der Waals surface area contributed by atoms with Crippen molar-refractivity contribution in [3.8, 4) is 0 Å². The lowest BCUT2D eigenvalue weighted by Gasteiger charge is -2.31. The zero-order valence-electron chi connectivity index (χ0n) is 16.1. The summed E-state index contributed by atoms with van der Waals surface area (Å²) in [5, 5.41) is 9.91. The molecule has 4 rings (SSSR count). The lowest BCUT2D eigenvalue weighted by molar-refractivity contribution is 0.0696. The summed E-state index contributed by atoms with van der Waals surface area (Å²) in [6.07, 6.45) is 4.59. The number of likely N-dealkylation sites (tertiary alicyclic amines) is 1. The van der Waals surface area contributed by atoms with Gasteiger partial charge in [0.15, 0.2) is 5.89 Å². The summed E-state index contributed by atoms with van der Waals surface area (Å²) in [6.45, 7) is 2.58. The van der Waals surface area contributed by atoms with Crippen molar-refractivity contribution in [3.63, 3.8) is 0 Å². The minimum Gasteiger partial charge on any atom is -0.478 e. The monoisotopic (exact) mass is 410 g/mol. The van der Waals surface area contributed by atoms with Crippen LogP contribution in [0.5, 0.6) is 0 Å². The Kier molecular flexibility index (Phi) is 5.97. The average Bonchev–Trinajstić information content (AvgIpc) is 3.17. The van der Waals surface area contributed by atoms with Gasteiger partial charge in [0.1, 0.15) is 5.76 Å². The normalized spacial score (nSPS) is 17.3. The summed E-state index contributed by atoms with van der Waals surface area (Å²) in [7, 11) is 0. The highest BCUT2D eigenvalue weighted by Crippen LogP contribution is 2.28. The van der Waals surface area contributed by atoms with E-state index in [-0.39, 0.29) is 5.92 Å². The van der Waals surface area contributed by atoms with Crippen LogP contribution in [0.15, 0.2) is 59.1 Å². The molecule has 2 aromatic carbocycles. The van der Waals surface area contributed by atoms with Gasteiger partial charge in [-0.15, -0.1) is 0 Å². The van der Waals surface area contributed by atoms with Gasteiger partial charge >= 0.3 is 5.97 Å². The van der Waals surface area contributed by atoms with Gasteiger partial charge in [0.25, 0.3) is 0 Å². The molecule has 0 bridgehead atoms. The molecular formula is C23H23ClN2O3. The SMILES string of the molecule is O=C(O)c1cccc(CN2CCCC(c3ncc(Cc4cccc(Cl)c4)o3)C2)c1. The Labute approximate surface area is 174 Å². The van der Waals surface area contributed by atoms with E-state index in [1.165, 1.54) is 0 Å². The number of piperidine rings is 1. The molecule has 1 aromatic heterocycles. The number of carbonyl (C=O) groups is 1. The van der Waals surface area contributed by atoms with Crippen LogP contribution in [-0.2, 0) is 13.0 Å². The van der Waals surface area contributed by atoms with Gasteiger partial charge in [-0.25, -0.2) is 9.78 Å². The van der Waals surface area contributed by atoms with Crippen LogP contribution in [0.4, 0.5) is 0 Å². The van der Waals surface area contributed by atoms with Crippen LogP contribution in [0.1, 0.15) is 51.9 Å². The van der Waals surface area contributed by atoms with Gasteiger partial charge in [-0.05, 0) is 54.8 Å². The smallest absolute Gasteiger partial charge is 0.335 e. The number of carboxylic acids is 1. The zero-order chi connectivity index (χ0) is 20.2. The molecule has 1 N–H and O–H groups in total. The first-order chi connectivity index (χ1) is 14.1. The van der Waals surface area contributed by atoms with Crippen LogP contribution >= 0.6 is 11.6 Å². The summed E-state index contributed by atoms with van der Waals surface area (Å²) in [6, 6.07) is 14.9. The highest BCUT2D eigenvalue weighted by molar-refractivity contribution is 6.30. The van der Waals surface area contributed by atoms with E-state index in [9.17, 15) is 9.90 Å². The number of halogens is 1. The van der Waals surface area contributed by atoms with Crippen LogP contribution in [0.25, 0.3) is 0 Å². The van der Waals surface area contributed by atoms with Crippen LogP contribution in [0.2, 0.25) is 5.02 Å². The fourth-order valence-corrected chi connectivity index (χ4v) is 4.12. The molecule has 5 nitrogen and oxygen atoms in total. The highest BCUT2D eigenvalue weighted by Gasteiger charge is 2.25. The molecule has 2 heterocycles. The quantitative estimate of drug-likeness (QED) is 0.619. The van der Waals surface area contributed by atoms with Crippen molar-refractivity contribution >= 4 is 17.6 Å². The molecular weight excluding hydrogens is 388 g/mol. The predicted octanol–water partition coefficient (Wildman–Crippen LogP) is 5.00. The van der Waals surface area contributed by atoms with E-state index in [4.69, 9.17) is 16.0 Å². The first-order valence-electron chi connectivity index (χ1n) is 9.80. The second-order valence-corrected chi connectivity index (χ2v) is 7.99. The molecule has 1 unspecified atom stereocenters. The van der Waals surface area contributed by atoms with E-state index in [2.05, 4.69) is 9.88 Å². The zero-order valence-corrected chi connectivity index (χ0v) is 16.8. The van der Waals surface area contributed by atoms with E-state index in [1.54, 1.807) is 18.2 Å². The maximum absolute atomic E-state index is 11.2. The van der Waals surface area contributed by atoms with Crippen LogP contribution < -0.4 is 0 Å². The van der Waals surface area contributed by atoms with Crippen molar-refractivity contribution < 1.29 is 14.3 Å². The third-order valence-electron chi connectivity index (χ3n) is 5.27. The number of rotatable bonds is 6. The minimum absolute atomic E-state index is 0.250. The second kappa shape index (κ2) is 8.80. The van der Waals surface area contributed by atoms with Crippen molar-refractivity contribution in [2.75, 3.05) is 13.1 Å². The number of hydrogen-bond acceptors (Lipinski definition) is 4. The number of hydrogen-bond donors (Lipinski definition) is 1. The fraction of sp³-hybridized carbons (Fsp3) is 0.304. The van der Waals surface area contributed by atoms with Gasteiger partial charge in [0, 0.05) is 30.5 Å². The van der Waals surface area contributed by atoms with E-state index >= 15 is 0 Å². The van der Waals surface area contributed by atoms with Crippen molar-refractivity contribution in [1.82, 2.24) is 9.88 Å². The third kappa shape index (κ3) is 5.05. The van der Waals surface area contributed by atoms with Gasteiger partial charge in [0.2, 0.25) is 0 Å². The van der Waals surface area contributed by atoms with Crippen LogP contribution in [0, 0.1) is 0 Å². The van der Waals surface area contributed by atoms with Gasteiger partial charge in [0.05, 0.1) is 11.8 Å². The van der Waals surface area contributed by atoms with Gasteiger partial charge in [-0.3, -0.25) is 4.90 Å². The topological polar surface area (TPSA) is 66.6 Å². The minimum atomic E-state index is -0.893. The Bertz CT molecular complexity index is 1000. The molecule has 0 amide bonds. The van der Waals surface area contributed by atoms with E-state index in [0.717, 1.165) is 60.3 Å². The van der Waals surface area contributed by atoms with Gasteiger partial charge in [-0.2, -0.15) is 0 Å². The third-order valence-corrected chi connectivity index (χ3v) is 5.51. The molecule has 3 aromatic rings. The van der Waals surface area contributed by atoms with Crippen LogP contribution in [0.3, 0.4) is 0 Å². The maximum atomic E-state index is 11.2. The summed E-state index contributed by atoms with van der Waals surface area (Å²) >= 11 is 6.06. The van der Waals surface area contributed by atoms with E-state index < -0.39 is 5.97 Å². The van der Waals surface area contributed by atoms with Crippen molar-refractivity contribution in [1.29, 1.82) is 0 Å². The number of nitrogens with zero attached hydrogens (tertiary/aromatic N) is 2. The molecule has 1 fully saturated rings. The molecule has 150 valence electrons. The Balaban J connectivity index is 1.40. The molecule has 6 heteroatoms. The summed E-state index contributed by atoms with van der Waals surface area (Å²) < 4.78 is 6.06. The molecule has 0 aliphatic carbocycles. The van der Waals surface area contributed by atoms with Crippen molar-refractivity contribution in [2.24, 2.45) is 0 Å². The second-order valence-electron chi connectivity index (χ2n) is 7.55. The van der Waals surface area contributed by atoms with Gasteiger partial charge < -0.3 is 9.52 Å². The number of benzene rings is 2. The van der Waals surface area contributed by atoms with E-state index in [0.29, 0.717) is 12.0 Å². The maximum Gasteiger partial charge on any atom is 0.335 e. The molecule has 29 heavy (non-hydrogen) atoms.